The van der Waals surface area contributed by atoms with Gasteiger partial charge in [-0.2, -0.15) is 0 Å². The molecule has 6 nitrogen and oxygen atoms in total. The standard InChI is InChI=1S/C47H95N3O3/c1-5-8-11-14-17-19-22-26-33-45(32-25-21-16-13-10-7-3)44-53-47(52)35-28-24-29-37-50(38-31-30-36-49-41-39-48(4)40-42-49)43-46(51)34-27-23-20-18-15-12-9-6-2/h45-46,51H,5-44H2,1-4H3. The van der Waals surface area contributed by atoms with Gasteiger partial charge in [0.1, 0.15) is 0 Å². The van der Waals surface area contributed by atoms with Gasteiger partial charge in [-0.05, 0) is 77.5 Å². The minimum absolute atomic E-state index is 0.00965. The van der Waals surface area contributed by atoms with Crippen LogP contribution in [-0.2, 0) is 9.53 Å². The summed E-state index contributed by atoms with van der Waals surface area (Å²) in [5.74, 6) is 0.544. The molecule has 6 heteroatoms. The van der Waals surface area contributed by atoms with Crippen molar-refractivity contribution in [2.45, 2.75) is 226 Å². The molecule has 0 radical (unpaired) electrons. The van der Waals surface area contributed by atoms with Gasteiger partial charge < -0.3 is 24.5 Å². The molecule has 1 aliphatic rings. The molecular weight excluding hydrogens is 655 g/mol. The van der Waals surface area contributed by atoms with E-state index in [-0.39, 0.29) is 12.1 Å². The van der Waals surface area contributed by atoms with Crippen molar-refractivity contribution < 1.29 is 14.6 Å². The lowest BCUT2D eigenvalue weighted by atomic mass is 9.94. The van der Waals surface area contributed by atoms with E-state index in [4.69, 9.17) is 4.74 Å². The molecule has 53 heavy (non-hydrogen) atoms. The lowest BCUT2D eigenvalue weighted by molar-refractivity contribution is -0.145. The first-order chi connectivity index (χ1) is 26.0. The molecule has 0 aromatic heterocycles. The average Bonchev–Trinajstić information content (AvgIpc) is 3.15. The minimum Gasteiger partial charge on any atom is -0.465 e. The van der Waals surface area contributed by atoms with E-state index in [0.29, 0.717) is 18.9 Å². The number of aliphatic hydroxyl groups is 1. The van der Waals surface area contributed by atoms with Crippen LogP contribution < -0.4 is 0 Å². The fraction of sp³-hybridized carbons (Fsp3) is 0.979. The first-order valence-electron chi connectivity index (χ1n) is 23.9. The van der Waals surface area contributed by atoms with Gasteiger partial charge in [-0.25, -0.2) is 0 Å². The van der Waals surface area contributed by atoms with Crippen molar-refractivity contribution in [1.82, 2.24) is 14.7 Å². The van der Waals surface area contributed by atoms with Crippen molar-refractivity contribution in [2.24, 2.45) is 5.92 Å². The summed E-state index contributed by atoms with van der Waals surface area (Å²) >= 11 is 0. The SMILES string of the molecule is CCCCCCCCCCC(O)CN(CCCCCC(=O)OCC(CCCCCCCC)CCCCCCCCCC)CCCCN1CCN(C)CC1. The number of unbranched alkanes of at least 4 members (excludes halogenated alkanes) is 22. The van der Waals surface area contributed by atoms with E-state index in [0.717, 1.165) is 51.7 Å². The van der Waals surface area contributed by atoms with Crippen molar-refractivity contribution in [3.05, 3.63) is 0 Å². The monoisotopic (exact) mass is 750 g/mol. The van der Waals surface area contributed by atoms with Gasteiger partial charge in [0, 0.05) is 39.1 Å². The molecule has 0 aromatic carbocycles. The number of rotatable bonds is 40. The van der Waals surface area contributed by atoms with E-state index < -0.39 is 0 Å². The number of nitrogens with zero attached hydrogens (tertiary/aromatic N) is 3. The molecule has 1 aliphatic heterocycles. The summed E-state index contributed by atoms with van der Waals surface area (Å²) < 4.78 is 5.91. The number of hydrogen-bond donors (Lipinski definition) is 1. The third-order valence-corrected chi connectivity index (χ3v) is 11.9. The van der Waals surface area contributed by atoms with Crippen LogP contribution in [0.5, 0.6) is 0 Å². The van der Waals surface area contributed by atoms with Gasteiger partial charge in [-0.15, -0.1) is 0 Å². The summed E-state index contributed by atoms with van der Waals surface area (Å²) in [6.45, 7) is 16.3. The number of esters is 1. The van der Waals surface area contributed by atoms with Crippen LogP contribution >= 0.6 is 0 Å². The molecule has 0 aliphatic carbocycles. The molecule has 2 atom stereocenters. The average molecular weight is 750 g/mol. The normalized spacial score (nSPS) is 15.4. The fourth-order valence-electron chi connectivity index (χ4n) is 8.10. The molecule has 2 unspecified atom stereocenters. The van der Waals surface area contributed by atoms with Crippen molar-refractivity contribution in [3.8, 4) is 0 Å². The molecule has 0 aromatic rings. The predicted octanol–water partition coefficient (Wildman–Crippen LogP) is 12.2. The van der Waals surface area contributed by atoms with Crippen LogP contribution in [0.25, 0.3) is 0 Å². The van der Waals surface area contributed by atoms with Gasteiger partial charge in [-0.3, -0.25) is 4.79 Å². The topological polar surface area (TPSA) is 56.2 Å². The largest absolute Gasteiger partial charge is 0.465 e. The van der Waals surface area contributed by atoms with Crippen LogP contribution in [0.3, 0.4) is 0 Å². The van der Waals surface area contributed by atoms with Crippen LogP contribution in [0.2, 0.25) is 0 Å². The van der Waals surface area contributed by atoms with Crippen LogP contribution in [0.15, 0.2) is 0 Å². The molecule has 1 N–H and O–H groups in total. The summed E-state index contributed by atoms with van der Waals surface area (Å²) in [5, 5.41) is 11.0. The number of aliphatic hydroxyl groups excluding tert-OH is 1. The zero-order valence-electron chi connectivity index (χ0n) is 36.5. The Hall–Kier alpha value is -0.690. The Morgan fingerprint density at radius 2 is 1.00 bits per heavy atom. The van der Waals surface area contributed by atoms with E-state index in [1.807, 2.05) is 0 Å². The summed E-state index contributed by atoms with van der Waals surface area (Å²) in [5.41, 5.74) is 0. The number of hydrogen-bond acceptors (Lipinski definition) is 6. The van der Waals surface area contributed by atoms with Gasteiger partial charge >= 0.3 is 5.97 Å². The molecule has 316 valence electrons. The second-order valence-electron chi connectivity index (χ2n) is 17.2. The maximum Gasteiger partial charge on any atom is 0.305 e. The van der Waals surface area contributed by atoms with Crippen LogP contribution in [0.1, 0.15) is 220 Å². The Morgan fingerprint density at radius 1 is 0.566 bits per heavy atom. The first kappa shape index (κ1) is 50.3. The first-order valence-corrected chi connectivity index (χ1v) is 23.9. The van der Waals surface area contributed by atoms with Gasteiger partial charge in [-0.1, -0.05) is 168 Å². The Labute approximate surface area is 332 Å². The van der Waals surface area contributed by atoms with Gasteiger partial charge in [0.2, 0.25) is 0 Å². The van der Waals surface area contributed by atoms with E-state index >= 15 is 0 Å². The number of piperazine rings is 1. The molecule has 1 heterocycles. The Balaban J connectivity index is 2.39. The third-order valence-electron chi connectivity index (χ3n) is 11.9. The number of carbonyl (C=O) groups excluding carboxylic acids is 1. The van der Waals surface area contributed by atoms with Crippen molar-refractivity contribution in [3.63, 3.8) is 0 Å². The zero-order valence-corrected chi connectivity index (χ0v) is 36.5. The highest BCUT2D eigenvalue weighted by atomic mass is 16.5. The molecule has 0 amide bonds. The van der Waals surface area contributed by atoms with E-state index in [9.17, 15) is 9.90 Å². The Bertz CT molecular complexity index is 759. The van der Waals surface area contributed by atoms with Crippen molar-refractivity contribution in [2.75, 3.05) is 66.0 Å². The lowest BCUT2D eigenvalue weighted by Crippen LogP contribution is -2.44. The number of ether oxygens (including phenoxy) is 1. The maximum atomic E-state index is 12.8. The van der Waals surface area contributed by atoms with E-state index in [1.165, 1.54) is 193 Å². The Morgan fingerprint density at radius 3 is 1.51 bits per heavy atom. The number of likely N-dealkylation sites (N-methyl/N-ethyl adjacent to an activating group) is 1. The maximum absolute atomic E-state index is 12.8. The van der Waals surface area contributed by atoms with Gasteiger partial charge in [0.25, 0.3) is 0 Å². The Kier molecular flexibility index (Phi) is 36.3. The molecule has 0 spiro atoms. The molecule has 1 saturated heterocycles. The van der Waals surface area contributed by atoms with Crippen LogP contribution in [0, 0.1) is 5.92 Å². The van der Waals surface area contributed by atoms with Crippen molar-refractivity contribution in [1.29, 1.82) is 0 Å². The third kappa shape index (κ3) is 33.2. The van der Waals surface area contributed by atoms with Crippen LogP contribution in [-0.4, -0.2) is 97.9 Å². The quantitative estimate of drug-likeness (QED) is 0.0497. The second kappa shape index (κ2) is 38.2. The highest BCUT2D eigenvalue weighted by molar-refractivity contribution is 5.69. The summed E-state index contributed by atoms with van der Waals surface area (Å²) in [7, 11) is 2.23. The predicted molar refractivity (Wildman–Crippen MR) is 231 cm³/mol. The lowest BCUT2D eigenvalue weighted by Gasteiger charge is -2.32. The van der Waals surface area contributed by atoms with Crippen molar-refractivity contribution >= 4 is 5.97 Å². The van der Waals surface area contributed by atoms with Gasteiger partial charge in [0.15, 0.2) is 0 Å². The van der Waals surface area contributed by atoms with Gasteiger partial charge in [0.05, 0.1) is 12.7 Å². The highest BCUT2D eigenvalue weighted by Crippen LogP contribution is 2.21. The zero-order chi connectivity index (χ0) is 38.5. The molecular formula is C47H95N3O3. The summed E-state index contributed by atoms with van der Waals surface area (Å²) in [6, 6.07) is 0. The fourth-order valence-corrected chi connectivity index (χ4v) is 8.10. The molecule has 0 saturated carbocycles. The highest BCUT2D eigenvalue weighted by Gasteiger charge is 2.16. The molecule has 1 fully saturated rings. The number of carbonyl (C=O) groups is 1. The van der Waals surface area contributed by atoms with E-state index in [1.54, 1.807) is 0 Å². The molecule has 0 bridgehead atoms. The smallest absolute Gasteiger partial charge is 0.305 e. The summed E-state index contributed by atoms with van der Waals surface area (Å²) in [6.07, 6.45) is 38.5. The second-order valence-corrected chi connectivity index (χ2v) is 17.2. The summed E-state index contributed by atoms with van der Waals surface area (Å²) in [4.78, 5) is 20.4. The van der Waals surface area contributed by atoms with Crippen LogP contribution in [0.4, 0.5) is 0 Å². The van der Waals surface area contributed by atoms with E-state index in [2.05, 4.69) is 42.5 Å². The minimum atomic E-state index is -0.224. The molecule has 1 rings (SSSR count).